The highest BCUT2D eigenvalue weighted by atomic mass is 35.5. The van der Waals surface area contributed by atoms with Crippen LogP contribution in [-0.4, -0.2) is 61.5 Å². The second-order valence-electron chi connectivity index (χ2n) is 8.92. The molecule has 36 heavy (non-hydrogen) atoms. The van der Waals surface area contributed by atoms with E-state index < -0.39 is 6.09 Å². The molecule has 1 aromatic carbocycles. The quantitative estimate of drug-likeness (QED) is 0.450. The highest BCUT2D eigenvalue weighted by Gasteiger charge is 2.27. The van der Waals surface area contributed by atoms with E-state index in [2.05, 4.69) is 20.4 Å². The van der Waals surface area contributed by atoms with Crippen molar-refractivity contribution in [2.45, 2.75) is 52.1 Å². The highest BCUT2D eigenvalue weighted by molar-refractivity contribution is 6.31. The van der Waals surface area contributed by atoms with Gasteiger partial charge in [0.2, 0.25) is 0 Å². The van der Waals surface area contributed by atoms with Crippen LogP contribution in [0.15, 0.2) is 36.5 Å². The Morgan fingerprint density at radius 2 is 1.97 bits per heavy atom. The number of pyridine rings is 1. The maximum Gasteiger partial charge on any atom is 0.412 e. The molecule has 2 aromatic heterocycles. The lowest BCUT2D eigenvalue weighted by Crippen LogP contribution is -2.43. The molecule has 0 unspecified atom stereocenters. The van der Waals surface area contributed by atoms with Crippen molar-refractivity contribution in [1.82, 2.24) is 24.6 Å². The van der Waals surface area contributed by atoms with Crippen LogP contribution in [0.4, 0.5) is 21.1 Å². The zero-order chi connectivity index (χ0) is 25.8. The van der Waals surface area contributed by atoms with Crippen molar-refractivity contribution < 1.29 is 14.7 Å². The Morgan fingerprint density at radius 1 is 1.22 bits per heavy atom. The molecule has 11 heteroatoms. The Kier molecular flexibility index (Phi) is 7.73. The van der Waals surface area contributed by atoms with E-state index in [4.69, 9.17) is 11.6 Å². The summed E-state index contributed by atoms with van der Waals surface area (Å²) in [5.41, 5.74) is 2.20. The molecule has 4 rings (SSSR count). The lowest BCUT2D eigenvalue weighted by atomic mass is 10.2. The van der Waals surface area contributed by atoms with E-state index >= 15 is 0 Å². The third-order valence-electron chi connectivity index (χ3n) is 6.58. The van der Waals surface area contributed by atoms with Gasteiger partial charge in [-0.05, 0) is 56.5 Å². The fourth-order valence-electron chi connectivity index (χ4n) is 4.39. The summed E-state index contributed by atoms with van der Waals surface area (Å²) >= 11 is 6.24. The average Bonchev–Trinajstić information content (AvgIpc) is 3.52. The number of hydrogen-bond donors (Lipinski definition) is 2. The zero-order valence-electron chi connectivity index (χ0n) is 20.6. The van der Waals surface area contributed by atoms with Crippen LogP contribution in [0, 0.1) is 13.8 Å². The molecule has 3 aromatic rings. The van der Waals surface area contributed by atoms with Crippen LogP contribution in [0.3, 0.4) is 0 Å². The number of benzene rings is 1. The number of urea groups is 1. The number of halogens is 1. The van der Waals surface area contributed by atoms with Gasteiger partial charge in [-0.2, -0.15) is 5.10 Å². The molecule has 3 amide bonds. The molecule has 0 atom stereocenters. The maximum atomic E-state index is 13.3. The second kappa shape index (κ2) is 10.9. The van der Waals surface area contributed by atoms with Gasteiger partial charge in [-0.15, -0.1) is 0 Å². The zero-order valence-corrected chi connectivity index (χ0v) is 21.4. The lowest BCUT2D eigenvalue weighted by molar-refractivity contribution is 0.184. The van der Waals surface area contributed by atoms with Gasteiger partial charge in [-0.3, -0.25) is 4.90 Å². The Bertz CT molecular complexity index is 1260. The van der Waals surface area contributed by atoms with Gasteiger partial charge in [-0.25, -0.2) is 24.2 Å². The number of hydrogen-bond acceptors (Lipinski definition) is 5. The first kappa shape index (κ1) is 25.4. The molecule has 0 radical (unpaired) electrons. The summed E-state index contributed by atoms with van der Waals surface area (Å²) in [7, 11) is 1.43. The van der Waals surface area contributed by atoms with Crippen LogP contribution in [0.1, 0.15) is 37.1 Å². The van der Waals surface area contributed by atoms with Crippen LogP contribution in [-0.2, 0) is 6.54 Å². The van der Waals surface area contributed by atoms with Gasteiger partial charge in [0.25, 0.3) is 0 Å². The van der Waals surface area contributed by atoms with E-state index in [0.29, 0.717) is 41.0 Å². The van der Waals surface area contributed by atoms with Crippen LogP contribution >= 0.6 is 11.6 Å². The summed E-state index contributed by atoms with van der Waals surface area (Å²) in [6, 6.07) is 8.87. The van der Waals surface area contributed by atoms with Crippen molar-refractivity contribution in [3.63, 3.8) is 0 Å². The standard InChI is InChI=1S/C25H30ClN7O3/c1-16-20(26)9-6-10-21(16)29-24(34)32(19-7-4-5-8-19)13-14-33-17(2)28-23(30-33)18-11-12-27-22(15-18)31(3)25(35)36/h6,9-12,15,19H,4-5,7-8,13-14H2,1-3H3,(H,29,34)(H,35,36). The van der Waals surface area contributed by atoms with E-state index in [9.17, 15) is 14.7 Å². The van der Waals surface area contributed by atoms with Gasteiger partial charge in [0.1, 0.15) is 11.6 Å². The molecule has 1 fully saturated rings. The van der Waals surface area contributed by atoms with E-state index in [1.165, 1.54) is 13.2 Å². The fourth-order valence-corrected chi connectivity index (χ4v) is 4.57. The SMILES string of the molecule is Cc1c(Cl)cccc1NC(=O)N(CCn1nc(-c2ccnc(N(C)C(=O)O)c2)nc1C)C1CCCC1. The number of carbonyl (C=O) groups is 2. The van der Waals surface area contributed by atoms with Gasteiger partial charge in [0.05, 0.1) is 6.54 Å². The Hall–Kier alpha value is -3.66. The molecule has 1 aliphatic rings. The summed E-state index contributed by atoms with van der Waals surface area (Å²) in [6.45, 7) is 4.70. The van der Waals surface area contributed by atoms with Crippen molar-refractivity contribution in [2.75, 3.05) is 23.8 Å². The molecule has 190 valence electrons. The molecule has 1 aliphatic carbocycles. The molecule has 0 bridgehead atoms. The summed E-state index contributed by atoms with van der Waals surface area (Å²) in [4.78, 5) is 36.2. The minimum Gasteiger partial charge on any atom is -0.465 e. The van der Waals surface area contributed by atoms with Crippen molar-refractivity contribution in [3.8, 4) is 11.4 Å². The average molecular weight is 512 g/mol. The van der Waals surface area contributed by atoms with Crippen molar-refractivity contribution in [1.29, 1.82) is 0 Å². The van der Waals surface area contributed by atoms with E-state index in [1.54, 1.807) is 22.9 Å². The lowest BCUT2D eigenvalue weighted by Gasteiger charge is -2.29. The predicted molar refractivity (Wildman–Crippen MR) is 139 cm³/mol. The van der Waals surface area contributed by atoms with E-state index in [0.717, 1.165) is 36.1 Å². The van der Waals surface area contributed by atoms with Gasteiger partial charge in [0, 0.05) is 42.1 Å². The number of carboxylic acid groups (broad SMARTS) is 1. The molecule has 2 N–H and O–H groups in total. The van der Waals surface area contributed by atoms with Crippen LogP contribution in [0.5, 0.6) is 0 Å². The van der Waals surface area contributed by atoms with E-state index in [-0.39, 0.29) is 17.9 Å². The number of amides is 3. The maximum absolute atomic E-state index is 13.3. The van der Waals surface area contributed by atoms with Crippen molar-refractivity contribution >= 4 is 35.2 Å². The second-order valence-corrected chi connectivity index (χ2v) is 9.33. The third-order valence-corrected chi connectivity index (χ3v) is 6.99. The molecule has 0 aliphatic heterocycles. The van der Waals surface area contributed by atoms with Crippen molar-refractivity contribution in [3.05, 3.63) is 52.9 Å². The minimum absolute atomic E-state index is 0.152. The van der Waals surface area contributed by atoms with Crippen LogP contribution < -0.4 is 10.2 Å². The number of aromatic nitrogens is 4. The number of aryl methyl sites for hydroxylation is 1. The normalized spacial score (nSPS) is 13.6. The Morgan fingerprint density at radius 3 is 2.69 bits per heavy atom. The third kappa shape index (κ3) is 5.59. The first-order chi connectivity index (χ1) is 17.2. The van der Waals surface area contributed by atoms with Gasteiger partial charge < -0.3 is 15.3 Å². The topological polar surface area (TPSA) is 116 Å². The number of nitrogens with one attached hydrogen (secondary N) is 1. The molecular weight excluding hydrogens is 482 g/mol. The minimum atomic E-state index is -1.10. The first-order valence-electron chi connectivity index (χ1n) is 11.9. The van der Waals surface area contributed by atoms with Gasteiger partial charge >= 0.3 is 12.1 Å². The smallest absolute Gasteiger partial charge is 0.412 e. The number of rotatable bonds is 7. The Labute approximate surface area is 214 Å². The molecule has 0 spiro atoms. The van der Waals surface area contributed by atoms with Gasteiger partial charge in [0.15, 0.2) is 5.82 Å². The fraction of sp³-hybridized carbons (Fsp3) is 0.400. The molecule has 10 nitrogen and oxygen atoms in total. The van der Waals surface area contributed by atoms with Crippen LogP contribution in [0.2, 0.25) is 5.02 Å². The summed E-state index contributed by atoms with van der Waals surface area (Å²) in [5.74, 6) is 1.46. The predicted octanol–water partition coefficient (Wildman–Crippen LogP) is 5.20. The summed E-state index contributed by atoms with van der Waals surface area (Å²) in [5, 5.41) is 17.5. The number of nitrogens with zero attached hydrogens (tertiary/aromatic N) is 6. The van der Waals surface area contributed by atoms with Crippen LogP contribution in [0.25, 0.3) is 11.4 Å². The summed E-state index contributed by atoms with van der Waals surface area (Å²) in [6.07, 6.45) is 4.58. The molecule has 2 heterocycles. The highest BCUT2D eigenvalue weighted by Crippen LogP contribution is 2.27. The molecular formula is C25H30ClN7O3. The summed E-state index contributed by atoms with van der Waals surface area (Å²) < 4.78 is 1.77. The Balaban J connectivity index is 1.51. The molecule has 1 saturated carbocycles. The first-order valence-corrected chi connectivity index (χ1v) is 12.3. The largest absolute Gasteiger partial charge is 0.465 e. The van der Waals surface area contributed by atoms with Crippen molar-refractivity contribution in [2.24, 2.45) is 0 Å². The molecule has 0 saturated heterocycles. The number of carbonyl (C=O) groups excluding carboxylic acids is 1. The monoisotopic (exact) mass is 511 g/mol. The number of anilines is 2. The van der Waals surface area contributed by atoms with E-state index in [1.807, 2.05) is 30.9 Å². The van der Waals surface area contributed by atoms with Gasteiger partial charge in [-0.1, -0.05) is 30.5 Å².